The fraction of sp³-hybridized carbons (Fsp3) is 0.455. The molecule has 1 aromatic heterocycles. The smallest absolute Gasteiger partial charge is 0.348 e. The first-order valence-electron chi connectivity index (χ1n) is 10.1. The van der Waals surface area contributed by atoms with Gasteiger partial charge in [0.25, 0.3) is 5.91 Å². The minimum Gasteiger partial charge on any atom is -0.486 e. The molecule has 29 heavy (non-hydrogen) atoms. The number of hydrogen-bond acceptors (Lipinski definition) is 6. The van der Waals surface area contributed by atoms with Crippen LogP contribution in [0.25, 0.3) is 0 Å². The number of aryl methyl sites for hydroxylation is 2. The number of carbonyl (C=O) groups excluding carboxylic acids is 2. The monoisotopic (exact) mass is 415 g/mol. The van der Waals surface area contributed by atoms with Crippen molar-refractivity contribution >= 4 is 23.2 Å². The number of fused-ring (bicyclic) bond motifs is 2. The van der Waals surface area contributed by atoms with Crippen LogP contribution >= 0.6 is 11.3 Å². The van der Waals surface area contributed by atoms with E-state index in [1.807, 2.05) is 24.3 Å². The molecule has 2 aliphatic rings. The normalized spacial score (nSPS) is 15.2. The molecule has 1 amide bonds. The van der Waals surface area contributed by atoms with Gasteiger partial charge in [0.1, 0.15) is 18.1 Å². The van der Waals surface area contributed by atoms with Gasteiger partial charge in [-0.15, -0.1) is 11.3 Å². The number of thiophene rings is 1. The van der Waals surface area contributed by atoms with Crippen molar-refractivity contribution in [1.82, 2.24) is 5.32 Å². The van der Waals surface area contributed by atoms with Crippen LogP contribution in [0, 0.1) is 0 Å². The minimum absolute atomic E-state index is 0.261. The molecule has 1 N–H and O–H groups in total. The van der Waals surface area contributed by atoms with Gasteiger partial charge >= 0.3 is 5.97 Å². The summed E-state index contributed by atoms with van der Waals surface area (Å²) in [5.41, 5.74) is 2.31. The molecule has 0 radical (unpaired) electrons. The fourth-order valence-corrected chi connectivity index (χ4v) is 4.76. The van der Waals surface area contributed by atoms with Gasteiger partial charge in [0.05, 0.1) is 0 Å². The van der Waals surface area contributed by atoms with Gasteiger partial charge in [0, 0.05) is 11.4 Å². The Bertz CT molecular complexity index is 868. The molecule has 1 aromatic carbocycles. The number of ether oxygens (including phenoxy) is 3. The third-order valence-corrected chi connectivity index (χ3v) is 6.34. The predicted molar refractivity (Wildman–Crippen MR) is 110 cm³/mol. The van der Waals surface area contributed by atoms with E-state index in [1.54, 1.807) is 0 Å². The molecule has 2 aromatic rings. The second-order valence-electron chi connectivity index (χ2n) is 7.27. The molecule has 0 saturated carbocycles. The summed E-state index contributed by atoms with van der Waals surface area (Å²) in [6.07, 6.45) is 6.31. The SMILES string of the molecule is O=C(COC(=O)c1cc2c(s1)CCCCC2)NCCc1ccc2c(c1)OCCO2. The Morgan fingerprint density at radius 1 is 1.03 bits per heavy atom. The first-order chi connectivity index (χ1) is 14.2. The summed E-state index contributed by atoms with van der Waals surface area (Å²) in [5.74, 6) is 0.782. The lowest BCUT2D eigenvalue weighted by Crippen LogP contribution is -2.30. The number of amides is 1. The molecular weight excluding hydrogens is 390 g/mol. The number of esters is 1. The number of rotatable bonds is 6. The molecule has 4 rings (SSSR count). The van der Waals surface area contributed by atoms with Crippen LogP contribution in [0.1, 0.15) is 44.9 Å². The van der Waals surface area contributed by atoms with Crippen molar-refractivity contribution in [2.45, 2.75) is 38.5 Å². The van der Waals surface area contributed by atoms with Crippen LogP contribution in [-0.4, -0.2) is 38.2 Å². The van der Waals surface area contributed by atoms with E-state index in [1.165, 1.54) is 41.0 Å². The fourth-order valence-electron chi connectivity index (χ4n) is 3.61. The lowest BCUT2D eigenvalue weighted by Gasteiger charge is -2.18. The highest BCUT2D eigenvalue weighted by Crippen LogP contribution is 2.31. The van der Waals surface area contributed by atoms with Crippen LogP contribution in [0.4, 0.5) is 0 Å². The molecule has 1 aliphatic carbocycles. The molecule has 6 nitrogen and oxygen atoms in total. The Balaban J connectivity index is 1.20. The average molecular weight is 416 g/mol. The minimum atomic E-state index is -0.412. The molecule has 1 aliphatic heterocycles. The first kappa shape index (κ1) is 19.8. The van der Waals surface area contributed by atoms with E-state index >= 15 is 0 Å². The summed E-state index contributed by atoms with van der Waals surface area (Å²) in [5, 5.41) is 2.79. The summed E-state index contributed by atoms with van der Waals surface area (Å²) in [4.78, 5) is 26.2. The maximum absolute atomic E-state index is 12.3. The van der Waals surface area contributed by atoms with Crippen molar-refractivity contribution in [2.24, 2.45) is 0 Å². The standard InChI is InChI=1S/C22H25NO5S/c24-21(23-9-8-15-6-7-17-18(12-15)27-11-10-26-17)14-28-22(25)20-13-16-4-2-1-3-5-19(16)29-20/h6-7,12-13H,1-5,8-11,14H2,(H,23,24). The highest BCUT2D eigenvalue weighted by Gasteiger charge is 2.18. The third-order valence-electron chi connectivity index (χ3n) is 5.12. The molecule has 7 heteroatoms. The molecule has 154 valence electrons. The second kappa shape index (κ2) is 9.31. The maximum atomic E-state index is 12.3. The van der Waals surface area contributed by atoms with Gasteiger partial charge in [-0.05, 0) is 61.4 Å². The summed E-state index contributed by atoms with van der Waals surface area (Å²) in [6.45, 7) is 1.31. The molecule has 2 heterocycles. The molecule has 0 bridgehead atoms. The van der Waals surface area contributed by atoms with Gasteiger partial charge in [-0.25, -0.2) is 4.79 Å². The molecule has 0 saturated heterocycles. The summed E-state index contributed by atoms with van der Waals surface area (Å²) >= 11 is 1.51. The highest BCUT2D eigenvalue weighted by atomic mass is 32.1. The first-order valence-corrected chi connectivity index (χ1v) is 10.9. The summed E-state index contributed by atoms with van der Waals surface area (Å²) < 4.78 is 16.3. The van der Waals surface area contributed by atoms with Crippen LogP contribution < -0.4 is 14.8 Å². The summed E-state index contributed by atoms with van der Waals surface area (Å²) in [7, 11) is 0. The van der Waals surface area contributed by atoms with Crippen LogP contribution in [0.2, 0.25) is 0 Å². The lowest BCUT2D eigenvalue weighted by atomic mass is 10.1. The van der Waals surface area contributed by atoms with Gasteiger partial charge in [-0.2, -0.15) is 0 Å². The molecule has 0 spiro atoms. The number of hydrogen-bond donors (Lipinski definition) is 1. The van der Waals surface area contributed by atoms with Gasteiger partial charge in [0.2, 0.25) is 0 Å². The van der Waals surface area contributed by atoms with E-state index in [9.17, 15) is 9.59 Å². The molecular formula is C22H25NO5S. The molecule has 0 unspecified atom stereocenters. The zero-order valence-corrected chi connectivity index (χ0v) is 17.1. The molecule has 0 fully saturated rings. The highest BCUT2D eigenvalue weighted by molar-refractivity contribution is 7.14. The molecule has 0 atom stereocenters. The Kier molecular flexibility index (Phi) is 6.34. The van der Waals surface area contributed by atoms with Crippen molar-refractivity contribution < 1.29 is 23.8 Å². The Hall–Kier alpha value is -2.54. The van der Waals surface area contributed by atoms with Crippen molar-refractivity contribution in [3.63, 3.8) is 0 Å². The quantitative estimate of drug-likeness (QED) is 0.579. The topological polar surface area (TPSA) is 73.9 Å². The predicted octanol–water partition coefficient (Wildman–Crippen LogP) is 3.30. The number of nitrogens with one attached hydrogen (secondary N) is 1. The van der Waals surface area contributed by atoms with Gasteiger partial charge in [-0.3, -0.25) is 4.79 Å². The van der Waals surface area contributed by atoms with Crippen molar-refractivity contribution in [2.75, 3.05) is 26.4 Å². The van der Waals surface area contributed by atoms with Crippen LogP contribution in [0.5, 0.6) is 11.5 Å². The zero-order valence-electron chi connectivity index (χ0n) is 16.3. The average Bonchev–Trinajstić information content (AvgIpc) is 3.02. The van der Waals surface area contributed by atoms with E-state index in [4.69, 9.17) is 14.2 Å². The van der Waals surface area contributed by atoms with Crippen molar-refractivity contribution in [3.05, 3.63) is 45.1 Å². The van der Waals surface area contributed by atoms with Crippen LogP contribution in [-0.2, 0) is 28.8 Å². The van der Waals surface area contributed by atoms with Crippen LogP contribution in [0.3, 0.4) is 0 Å². The van der Waals surface area contributed by atoms with Gasteiger partial charge in [-0.1, -0.05) is 12.5 Å². The largest absolute Gasteiger partial charge is 0.486 e. The van der Waals surface area contributed by atoms with Gasteiger partial charge < -0.3 is 19.5 Å². The van der Waals surface area contributed by atoms with Crippen molar-refractivity contribution in [1.29, 1.82) is 0 Å². The van der Waals surface area contributed by atoms with E-state index in [0.717, 1.165) is 29.9 Å². The maximum Gasteiger partial charge on any atom is 0.348 e. The number of benzene rings is 1. The Morgan fingerprint density at radius 3 is 2.76 bits per heavy atom. The van der Waals surface area contributed by atoms with Crippen LogP contribution in [0.15, 0.2) is 24.3 Å². The van der Waals surface area contributed by atoms with Crippen molar-refractivity contribution in [3.8, 4) is 11.5 Å². The van der Waals surface area contributed by atoms with E-state index in [2.05, 4.69) is 5.32 Å². The summed E-state index contributed by atoms with van der Waals surface area (Å²) in [6, 6.07) is 7.71. The second-order valence-corrected chi connectivity index (χ2v) is 8.41. The van der Waals surface area contributed by atoms with E-state index in [0.29, 0.717) is 31.1 Å². The Morgan fingerprint density at radius 2 is 1.86 bits per heavy atom. The zero-order chi connectivity index (χ0) is 20.1. The lowest BCUT2D eigenvalue weighted by molar-refractivity contribution is -0.124. The Labute approximate surface area is 174 Å². The third kappa shape index (κ3) is 5.09. The van der Waals surface area contributed by atoms with E-state index in [-0.39, 0.29) is 12.5 Å². The number of carbonyl (C=O) groups is 2. The van der Waals surface area contributed by atoms with Gasteiger partial charge in [0.15, 0.2) is 18.1 Å². The van der Waals surface area contributed by atoms with E-state index < -0.39 is 5.97 Å².